The van der Waals surface area contributed by atoms with E-state index in [1.54, 1.807) is 45.9 Å². The molecule has 0 atom stereocenters. The van der Waals surface area contributed by atoms with Crippen molar-refractivity contribution >= 4 is 17.9 Å². The second-order valence-corrected chi connectivity index (χ2v) is 5.41. The van der Waals surface area contributed by atoms with Crippen molar-refractivity contribution in [2.24, 2.45) is 0 Å². The van der Waals surface area contributed by atoms with Crippen LogP contribution in [0.2, 0.25) is 0 Å². The van der Waals surface area contributed by atoms with Gasteiger partial charge in [0.2, 0.25) is 0 Å². The zero-order valence-corrected chi connectivity index (χ0v) is 12.2. The predicted molar refractivity (Wildman–Crippen MR) is 74.8 cm³/mol. The molecule has 1 heterocycles. The second kappa shape index (κ2) is 6.36. The topological polar surface area (TPSA) is 79.7 Å². The normalized spacial score (nSPS) is 11.0. The summed E-state index contributed by atoms with van der Waals surface area (Å²) in [6.07, 6.45) is -0.772. The number of aryl methyl sites for hydroxylation is 1. The van der Waals surface area contributed by atoms with Gasteiger partial charge in [-0.1, -0.05) is 6.07 Å². The van der Waals surface area contributed by atoms with Crippen LogP contribution in [0.25, 0.3) is 0 Å². The molecule has 1 aromatic rings. The molecule has 0 bridgehead atoms. The smallest absolute Gasteiger partial charge is 0.416 e. The molecule has 110 valence electrons. The average molecular weight is 280 g/mol. The van der Waals surface area contributed by atoms with Crippen LogP contribution in [0.3, 0.4) is 0 Å². The Balaban J connectivity index is 2.95. The first kappa shape index (κ1) is 15.9. The van der Waals surface area contributed by atoms with Crippen molar-refractivity contribution in [3.05, 3.63) is 23.9 Å². The summed E-state index contributed by atoms with van der Waals surface area (Å²) in [7, 11) is 0. The SMILES string of the molecule is Cc1cccc(N(CCC(=O)O)C(=O)OC(C)(C)C)n1. The lowest BCUT2D eigenvalue weighted by Gasteiger charge is -2.26. The highest BCUT2D eigenvalue weighted by Crippen LogP contribution is 2.17. The third kappa shape index (κ3) is 5.26. The van der Waals surface area contributed by atoms with Crippen LogP contribution >= 0.6 is 0 Å². The van der Waals surface area contributed by atoms with Gasteiger partial charge in [-0.05, 0) is 39.8 Å². The molecule has 0 aliphatic heterocycles. The summed E-state index contributed by atoms with van der Waals surface area (Å²) in [6.45, 7) is 7.08. The fourth-order valence-corrected chi connectivity index (χ4v) is 1.50. The Hall–Kier alpha value is -2.11. The van der Waals surface area contributed by atoms with Crippen LogP contribution in [-0.2, 0) is 9.53 Å². The summed E-state index contributed by atoms with van der Waals surface area (Å²) in [4.78, 5) is 28.3. The number of aliphatic carboxylic acids is 1. The van der Waals surface area contributed by atoms with E-state index in [2.05, 4.69) is 4.98 Å². The lowest BCUT2D eigenvalue weighted by Crippen LogP contribution is -2.38. The fraction of sp³-hybridized carbons (Fsp3) is 0.500. The van der Waals surface area contributed by atoms with Gasteiger partial charge in [-0.25, -0.2) is 9.78 Å². The van der Waals surface area contributed by atoms with Gasteiger partial charge in [-0.3, -0.25) is 9.69 Å². The van der Waals surface area contributed by atoms with Gasteiger partial charge in [0.1, 0.15) is 11.4 Å². The Morgan fingerprint density at radius 1 is 1.35 bits per heavy atom. The number of anilines is 1. The number of hydrogen-bond donors (Lipinski definition) is 1. The zero-order valence-electron chi connectivity index (χ0n) is 12.2. The Morgan fingerprint density at radius 2 is 2.00 bits per heavy atom. The molecular formula is C14H20N2O4. The molecule has 6 heteroatoms. The summed E-state index contributed by atoms with van der Waals surface area (Å²) >= 11 is 0. The first-order valence-corrected chi connectivity index (χ1v) is 6.35. The number of carbonyl (C=O) groups is 2. The maximum absolute atomic E-state index is 12.2. The molecular weight excluding hydrogens is 260 g/mol. The molecule has 0 radical (unpaired) electrons. The maximum Gasteiger partial charge on any atom is 0.416 e. The number of carboxylic acids is 1. The molecule has 0 saturated carbocycles. The maximum atomic E-state index is 12.2. The van der Waals surface area contributed by atoms with Crippen LogP contribution in [0.1, 0.15) is 32.9 Å². The van der Waals surface area contributed by atoms with Crippen molar-refractivity contribution in [1.29, 1.82) is 0 Å². The molecule has 0 spiro atoms. The minimum Gasteiger partial charge on any atom is -0.481 e. The van der Waals surface area contributed by atoms with Gasteiger partial charge in [-0.15, -0.1) is 0 Å². The molecule has 0 aliphatic rings. The van der Waals surface area contributed by atoms with E-state index in [0.717, 1.165) is 5.69 Å². The molecule has 6 nitrogen and oxygen atoms in total. The minimum absolute atomic E-state index is 0.0146. The van der Waals surface area contributed by atoms with Crippen LogP contribution in [0.15, 0.2) is 18.2 Å². The van der Waals surface area contributed by atoms with Crippen LogP contribution in [-0.4, -0.2) is 34.3 Å². The number of ether oxygens (including phenoxy) is 1. The van der Waals surface area contributed by atoms with Crippen LogP contribution < -0.4 is 4.90 Å². The monoisotopic (exact) mass is 280 g/mol. The largest absolute Gasteiger partial charge is 0.481 e. The number of pyridine rings is 1. The lowest BCUT2D eigenvalue weighted by molar-refractivity contribution is -0.136. The molecule has 1 rings (SSSR count). The van der Waals surface area contributed by atoms with Crippen LogP contribution in [0.5, 0.6) is 0 Å². The molecule has 0 fully saturated rings. The number of carboxylic acid groups (broad SMARTS) is 1. The third-order valence-corrected chi connectivity index (χ3v) is 2.31. The van der Waals surface area contributed by atoms with Crippen molar-refractivity contribution in [3.8, 4) is 0 Å². The van der Waals surface area contributed by atoms with E-state index in [9.17, 15) is 9.59 Å². The number of rotatable bonds is 4. The molecule has 0 aromatic carbocycles. The Morgan fingerprint density at radius 3 is 2.50 bits per heavy atom. The van der Waals surface area contributed by atoms with Crippen molar-refractivity contribution in [1.82, 2.24) is 4.98 Å². The van der Waals surface area contributed by atoms with E-state index in [1.165, 1.54) is 4.90 Å². The van der Waals surface area contributed by atoms with E-state index in [0.29, 0.717) is 5.82 Å². The quantitative estimate of drug-likeness (QED) is 0.917. The number of amides is 1. The van der Waals surface area contributed by atoms with Gasteiger partial charge in [-0.2, -0.15) is 0 Å². The summed E-state index contributed by atoms with van der Waals surface area (Å²) < 4.78 is 5.28. The van der Waals surface area contributed by atoms with E-state index >= 15 is 0 Å². The Labute approximate surface area is 118 Å². The Kier molecular flexibility index (Phi) is 5.07. The number of nitrogens with zero attached hydrogens (tertiary/aromatic N) is 2. The first-order chi connectivity index (χ1) is 9.19. The lowest BCUT2D eigenvalue weighted by atomic mass is 10.2. The summed E-state index contributed by atoms with van der Waals surface area (Å²) in [5, 5.41) is 8.78. The number of hydrogen-bond acceptors (Lipinski definition) is 4. The zero-order chi connectivity index (χ0) is 15.3. The van der Waals surface area contributed by atoms with Gasteiger partial charge < -0.3 is 9.84 Å². The molecule has 1 N–H and O–H groups in total. The molecule has 0 saturated heterocycles. The predicted octanol–water partition coefficient (Wildman–Crippen LogP) is 2.61. The first-order valence-electron chi connectivity index (χ1n) is 6.35. The van der Waals surface area contributed by atoms with E-state index in [4.69, 9.17) is 9.84 Å². The highest BCUT2D eigenvalue weighted by Gasteiger charge is 2.24. The van der Waals surface area contributed by atoms with Crippen molar-refractivity contribution in [2.75, 3.05) is 11.4 Å². The van der Waals surface area contributed by atoms with E-state index < -0.39 is 17.7 Å². The van der Waals surface area contributed by atoms with Crippen molar-refractivity contribution in [2.45, 2.75) is 39.7 Å². The minimum atomic E-state index is -0.980. The van der Waals surface area contributed by atoms with Gasteiger partial charge in [0.15, 0.2) is 0 Å². The molecule has 0 unspecified atom stereocenters. The third-order valence-electron chi connectivity index (χ3n) is 2.31. The van der Waals surface area contributed by atoms with Gasteiger partial charge in [0.25, 0.3) is 0 Å². The van der Waals surface area contributed by atoms with Gasteiger partial charge in [0, 0.05) is 12.2 Å². The summed E-state index contributed by atoms with van der Waals surface area (Å²) in [6, 6.07) is 5.21. The Bertz CT molecular complexity index is 494. The molecule has 0 aliphatic carbocycles. The summed E-state index contributed by atoms with van der Waals surface area (Å²) in [5.41, 5.74) is 0.0916. The fourth-order valence-electron chi connectivity index (χ4n) is 1.50. The van der Waals surface area contributed by atoms with Crippen LogP contribution in [0, 0.1) is 6.92 Å². The van der Waals surface area contributed by atoms with Gasteiger partial charge >= 0.3 is 12.1 Å². The standard InChI is InChI=1S/C14H20N2O4/c1-10-6-5-7-11(15-10)16(9-8-12(17)18)13(19)20-14(2,3)4/h5-7H,8-9H2,1-4H3,(H,17,18). The average Bonchev–Trinajstić information content (AvgIpc) is 2.26. The van der Waals surface area contributed by atoms with Gasteiger partial charge in [0.05, 0.1) is 6.42 Å². The molecule has 20 heavy (non-hydrogen) atoms. The molecule has 1 aromatic heterocycles. The highest BCUT2D eigenvalue weighted by atomic mass is 16.6. The number of carbonyl (C=O) groups excluding carboxylic acids is 1. The highest BCUT2D eigenvalue weighted by molar-refractivity contribution is 5.87. The number of aromatic nitrogens is 1. The van der Waals surface area contributed by atoms with E-state index in [1.807, 2.05) is 0 Å². The summed E-state index contributed by atoms with van der Waals surface area (Å²) in [5.74, 6) is -0.591. The van der Waals surface area contributed by atoms with Crippen molar-refractivity contribution < 1.29 is 19.4 Å². The second-order valence-electron chi connectivity index (χ2n) is 5.41. The van der Waals surface area contributed by atoms with Crippen LogP contribution in [0.4, 0.5) is 10.6 Å². The van der Waals surface area contributed by atoms with E-state index in [-0.39, 0.29) is 13.0 Å². The molecule has 1 amide bonds. The van der Waals surface area contributed by atoms with Crippen molar-refractivity contribution in [3.63, 3.8) is 0 Å².